The van der Waals surface area contributed by atoms with Gasteiger partial charge in [0.2, 0.25) is 0 Å². The number of benzene rings is 2. The van der Waals surface area contributed by atoms with Crippen LogP contribution in [0.4, 0.5) is 0 Å². The summed E-state index contributed by atoms with van der Waals surface area (Å²) in [5.74, 6) is -0.704. The number of hydrogen-bond donors (Lipinski definition) is 2. The third-order valence-electron chi connectivity index (χ3n) is 4.50. The number of carbonyl (C=O) groups is 3. The summed E-state index contributed by atoms with van der Waals surface area (Å²) in [6, 6.07) is 15.6. The number of carbonyl (C=O) groups excluding carboxylic acids is 3. The van der Waals surface area contributed by atoms with Crippen LogP contribution >= 0.6 is 0 Å². The summed E-state index contributed by atoms with van der Waals surface area (Å²) < 4.78 is 5.01. The maximum Gasteiger partial charge on any atom is 0.287 e. The molecule has 0 saturated carbocycles. The van der Waals surface area contributed by atoms with Crippen LogP contribution in [0, 0.1) is 13.8 Å². The molecular formula is C23H22N2O4. The van der Waals surface area contributed by atoms with Crippen LogP contribution in [0.1, 0.15) is 48.0 Å². The van der Waals surface area contributed by atoms with E-state index in [9.17, 15) is 14.4 Å². The fraction of sp³-hybridized carbons (Fsp3) is 0.174. The highest BCUT2D eigenvalue weighted by Gasteiger charge is 2.19. The zero-order valence-electron chi connectivity index (χ0n) is 16.3. The van der Waals surface area contributed by atoms with Crippen LogP contribution in [0.5, 0.6) is 0 Å². The first kappa shape index (κ1) is 20.1. The van der Waals surface area contributed by atoms with Crippen LogP contribution in [-0.2, 0) is 0 Å². The highest BCUT2D eigenvalue weighted by Crippen LogP contribution is 2.19. The molecule has 2 amide bonds. The molecule has 0 aliphatic rings. The third kappa shape index (κ3) is 4.79. The van der Waals surface area contributed by atoms with Crippen molar-refractivity contribution in [3.63, 3.8) is 0 Å². The van der Waals surface area contributed by atoms with Gasteiger partial charge >= 0.3 is 0 Å². The largest absolute Gasteiger partial charge is 0.459 e. The molecule has 0 atom stereocenters. The molecule has 29 heavy (non-hydrogen) atoms. The van der Waals surface area contributed by atoms with Crippen molar-refractivity contribution < 1.29 is 18.8 Å². The number of furan rings is 1. The Morgan fingerprint density at radius 3 is 2.17 bits per heavy atom. The lowest BCUT2D eigenvalue weighted by atomic mass is 9.94. The monoisotopic (exact) mass is 390 g/mol. The van der Waals surface area contributed by atoms with Gasteiger partial charge in [-0.3, -0.25) is 14.4 Å². The second kappa shape index (κ2) is 9.01. The van der Waals surface area contributed by atoms with Crippen molar-refractivity contribution in [3.8, 4) is 0 Å². The van der Waals surface area contributed by atoms with Gasteiger partial charge in [0.25, 0.3) is 11.8 Å². The van der Waals surface area contributed by atoms with Crippen molar-refractivity contribution in [2.24, 2.45) is 0 Å². The normalized spacial score (nSPS) is 10.4. The van der Waals surface area contributed by atoms with Crippen molar-refractivity contribution >= 4 is 17.6 Å². The van der Waals surface area contributed by atoms with Gasteiger partial charge in [0.1, 0.15) is 0 Å². The summed E-state index contributed by atoms with van der Waals surface area (Å²) in [4.78, 5) is 37.5. The topological polar surface area (TPSA) is 88.4 Å². The minimum Gasteiger partial charge on any atom is -0.459 e. The molecule has 1 aromatic heterocycles. The lowest BCUT2D eigenvalue weighted by Gasteiger charge is -2.11. The van der Waals surface area contributed by atoms with E-state index in [0.29, 0.717) is 16.7 Å². The van der Waals surface area contributed by atoms with Crippen LogP contribution in [-0.4, -0.2) is 30.7 Å². The van der Waals surface area contributed by atoms with E-state index in [2.05, 4.69) is 10.6 Å². The third-order valence-corrected chi connectivity index (χ3v) is 4.50. The average molecular weight is 390 g/mol. The Morgan fingerprint density at radius 2 is 1.48 bits per heavy atom. The molecule has 3 aromatic rings. The molecule has 0 saturated heterocycles. The van der Waals surface area contributed by atoms with Gasteiger partial charge < -0.3 is 15.1 Å². The van der Waals surface area contributed by atoms with Crippen molar-refractivity contribution in [2.45, 2.75) is 13.8 Å². The van der Waals surface area contributed by atoms with Crippen LogP contribution in [0.2, 0.25) is 0 Å². The standard InChI is InChI=1S/C23H22N2O4/c1-15-9-10-16(2)19(14-15)21(26)17-6-3-4-7-18(17)22(27)24-11-12-25-23(28)20-8-5-13-29-20/h3-10,13-14H,11-12H2,1-2H3,(H,24,27)(H,25,28). The molecule has 148 valence electrons. The van der Waals surface area contributed by atoms with Crippen LogP contribution < -0.4 is 10.6 Å². The van der Waals surface area contributed by atoms with Gasteiger partial charge in [-0.15, -0.1) is 0 Å². The smallest absolute Gasteiger partial charge is 0.287 e. The van der Waals surface area contributed by atoms with Crippen molar-refractivity contribution in [1.82, 2.24) is 10.6 Å². The van der Waals surface area contributed by atoms with E-state index in [-0.39, 0.29) is 36.4 Å². The first-order valence-electron chi connectivity index (χ1n) is 9.28. The number of hydrogen-bond acceptors (Lipinski definition) is 4. The summed E-state index contributed by atoms with van der Waals surface area (Å²) in [6.45, 7) is 4.25. The zero-order valence-corrected chi connectivity index (χ0v) is 16.3. The van der Waals surface area contributed by atoms with Gasteiger partial charge in [0.15, 0.2) is 11.5 Å². The predicted octanol–water partition coefficient (Wildman–Crippen LogP) is 3.29. The summed E-state index contributed by atoms with van der Waals surface area (Å²) >= 11 is 0. The fourth-order valence-electron chi connectivity index (χ4n) is 2.95. The number of nitrogens with one attached hydrogen (secondary N) is 2. The van der Waals surface area contributed by atoms with E-state index in [1.54, 1.807) is 36.4 Å². The lowest BCUT2D eigenvalue weighted by Crippen LogP contribution is -2.35. The number of amides is 2. The van der Waals surface area contributed by atoms with E-state index < -0.39 is 0 Å². The van der Waals surface area contributed by atoms with Crippen molar-refractivity contribution in [1.29, 1.82) is 0 Å². The van der Waals surface area contributed by atoms with Crippen LogP contribution in [0.25, 0.3) is 0 Å². The Morgan fingerprint density at radius 1 is 0.793 bits per heavy atom. The molecule has 0 spiro atoms. The quantitative estimate of drug-likeness (QED) is 0.479. The summed E-state index contributed by atoms with van der Waals surface area (Å²) in [5.41, 5.74) is 3.06. The molecule has 2 aromatic carbocycles. The Bertz CT molecular complexity index is 1040. The van der Waals surface area contributed by atoms with Crippen molar-refractivity contribution in [2.75, 3.05) is 13.1 Å². The Kier molecular flexibility index (Phi) is 6.24. The maximum absolute atomic E-state index is 13.0. The van der Waals surface area contributed by atoms with Gasteiger partial charge in [0.05, 0.1) is 11.8 Å². The SMILES string of the molecule is Cc1ccc(C)c(C(=O)c2ccccc2C(=O)NCCNC(=O)c2ccco2)c1. The average Bonchev–Trinajstić information content (AvgIpc) is 3.27. The molecule has 0 unspecified atom stereocenters. The van der Waals surface area contributed by atoms with Crippen LogP contribution in [0.15, 0.2) is 65.3 Å². The molecule has 6 heteroatoms. The van der Waals surface area contributed by atoms with E-state index in [4.69, 9.17) is 4.42 Å². The summed E-state index contributed by atoms with van der Waals surface area (Å²) in [6.07, 6.45) is 1.42. The molecule has 3 rings (SSSR count). The Hall–Kier alpha value is -3.67. The Balaban J connectivity index is 1.66. The predicted molar refractivity (Wildman–Crippen MR) is 109 cm³/mol. The molecule has 0 radical (unpaired) electrons. The molecule has 2 N–H and O–H groups in total. The zero-order chi connectivity index (χ0) is 20.8. The Labute approximate surface area is 168 Å². The van der Waals surface area contributed by atoms with E-state index >= 15 is 0 Å². The number of rotatable bonds is 7. The van der Waals surface area contributed by atoms with Gasteiger partial charge in [-0.05, 0) is 43.7 Å². The fourth-order valence-corrected chi connectivity index (χ4v) is 2.95. The van der Waals surface area contributed by atoms with Crippen LogP contribution in [0.3, 0.4) is 0 Å². The molecule has 6 nitrogen and oxygen atoms in total. The lowest BCUT2D eigenvalue weighted by molar-refractivity contribution is 0.0909. The van der Waals surface area contributed by atoms with Crippen molar-refractivity contribution in [3.05, 3.63) is 94.4 Å². The molecular weight excluding hydrogens is 368 g/mol. The molecule has 0 fully saturated rings. The number of ketones is 1. The highest BCUT2D eigenvalue weighted by molar-refractivity contribution is 6.16. The van der Waals surface area contributed by atoms with Gasteiger partial charge in [-0.2, -0.15) is 0 Å². The molecule has 0 aliphatic carbocycles. The molecule has 0 aliphatic heterocycles. The van der Waals surface area contributed by atoms with Gasteiger partial charge in [0, 0.05) is 24.2 Å². The second-order valence-electron chi connectivity index (χ2n) is 6.68. The maximum atomic E-state index is 13.0. The molecule has 0 bridgehead atoms. The van der Waals surface area contributed by atoms with E-state index in [0.717, 1.165) is 11.1 Å². The van der Waals surface area contributed by atoms with E-state index in [1.165, 1.54) is 6.26 Å². The second-order valence-corrected chi connectivity index (χ2v) is 6.68. The first-order valence-corrected chi connectivity index (χ1v) is 9.28. The van der Waals surface area contributed by atoms with Gasteiger partial charge in [-0.25, -0.2) is 0 Å². The minimum atomic E-state index is -0.369. The highest BCUT2D eigenvalue weighted by atomic mass is 16.3. The summed E-state index contributed by atoms with van der Waals surface area (Å²) in [5, 5.41) is 5.39. The number of aryl methyl sites for hydroxylation is 2. The first-order chi connectivity index (χ1) is 14.0. The van der Waals surface area contributed by atoms with Gasteiger partial charge in [-0.1, -0.05) is 35.9 Å². The van der Waals surface area contributed by atoms with E-state index in [1.807, 2.05) is 32.0 Å². The molecule has 1 heterocycles. The minimum absolute atomic E-state index is 0.192. The summed E-state index contributed by atoms with van der Waals surface area (Å²) in [7, 11) is 0.